The number of hydrogen-bond acceptors (Lipinski definition) is 4. The number of amides is 4. The van der Waals surface area contributed by atoms with Crippen LogP contribution < -0.4 is 20.4 Å². The molecule has 2 aliphatic rings. The van der Waals surface area contributed by atoms with Gasteiger partial charge in [0.05, 0.1) is 37.3 Å². The second kappa shape index (κ2) is 12.3. The van der Waals surface area contributed by atoms with Crippen LogP contribution in [0.1, 0.15) is 24.0 Å². The summed E-state index contributed by atoms with van der Waals surface area (Å²) in [6.07, 6.45) is 1.75. The van der Waals surface area contributed by atoms with Gasteiger partial charge in [0.2, 0.25) is 11.8 Å². The Kier molecular flexibility index (Phi) is 8.61. The molecule has 2 fully saturated rings. The van der Waals surface area contributed by atoms with Gasteiger partial charge >= 0.3 is 0 Å². The van der Waals surface area contributed by atoms with Gasteiger partial charge in [0.25, 0.3) is 11.8 Å². The molecule has 0 saturated carbocycles. The van der Waals surface area contributed by atoms with Crippen LogP contribution in [-0.4, -0.2) is 48.8 Å². The number of nitrogens with two attached hydrogens (primary N) is 2. The third-order valence-electron chi connectivity index (χ3n) is 7.32. The van der Waals surface area contributed by atoms with Gasteiger partial charge in [0.1, 0.15) is 0 Å². The summed E-state index contributed by atoms with van der Waals surface area (Å²) in [5, 5.41) is 5.14. The molecule has 10 heteroatoms. The van der Waals surface area contributed by atoms with E-state index in [1.165, 1.54) is 9.80 Å². The molecule has 0 bridgehead atoms. The van der Waals surface area contributed by atoms with Gasteiger partial charge in [-0.2, -0.15) is 0 Å². The summed E-state index contributed by atoms with van der Waals surface area (Å²) in [7, 11) is 0. The SMILES string of the molecule is O=C1C[C@@H]([NH2+]CCc2ccc(Cl)cc2)C(=O)N1c1ccc(N2C(=O)C[C@@H]([NH2+]CCc3ccc(Cl)cc3)C2=O)cc1. The van der Waals surface area contributed by atoms with Crippen molar-refractivity contribution in [3.63, 3.8) is 0 Å². The zero-order chi connectivity index (χ0) is 28.2. The first kappa shape index (κ1) is 28.0. The van der Waals surface area contributed by atoms with E-state index in [0.717, 1.165) is 24.0 Å². The van der Waals surface area contributed by atoms with E-state index in [2.05, 4.69) is 0 Å². The Bertz CT molecular complexity index is 1300. The van der Waals surface area contributed by atoms with Crippen LogP contribution in [0.2, 0.25) is 10.0 Å². The number of anilines is 2. The van der Waals surface area contributed by atoms with Crippen LogP contribution in [0.15, 0.2) is 72.8 Å². The predicted molar refractivity (Wildman–Crippen MR) is 152 cm³/mol. The van der Waals surface area contributed by atoms with Gasteiger partial charge in [-0.15, -0.1) is 0 Å². The lowest BCUT2D eigenvalue weighted by Crippen LogP contribution is -2.92. The Morgan fingerprint density at radius 1 is 0.575 bits per heavy atom. The summed E-state index contributed by atoms with van der Waals surface area (Å²) in [4.78, 5) is 53.9. The average Bonchev–Trinajstić information content (AvgIpc) is 3.39. The number of carbonyl (C=O) groups excluding carboxylic acids is 4. The molecular formula is C30H30Cl2N4O4+2. The highest BCUT2D eigenvalue weighted by molar-refractivity contribution is 6.30. The first-order valence-corrected chi connectivity index (χ1v) is 14.0. The average molecular weight is 582 g/mol. The lowest BCUT2D eigenvalue weighted by molar-refractivity contribution is -0.674. The van der Waals surface area contributed by atoms with Crippen LogP contribution in [0.4, 0.5) is 11.4 Å². The number of imide groups is 2. The molecule has 3 aromatic rings. The predicted octanol–water partition coefficient (Wildman–Crippen LogP) is 1.87. The molecule has 0 unspecified atom stereocenters. The number of rotatable bonds is 10. The van der Waals surface area contributed by atoms with Crippen molar-refractivity contribution >= 4 is 58.2 Å². The molecule has 4 amide bonds. The Balaban J connectivity index is 1.16. The Hall–Kier alpha value is -3.56. The molecule has 40 heavy (non-hydrogen) atoms. The van der Waals surface area contributed by atoms with Crippen molar-refractivity contribution in [2.24, 2.45) is 0 Å². The third kappa shape index (κ3) is 6.26. The fraction of sp³-hybridized carbons (Fsp3) is 0.267. The smallest absolute Gasteiger partial charge is 0.292 e. The summed E-state index contributed by atoms with van der Waals surface area (Å²) in [6, 6.07) is 20.6. The van der Waals surface area contributed by atoms with Gasteiger partial charge in [-0.25, -0.2) is 9.80 Å². The van der Waals surface area contributed by atoms with Gasteiger partial charge in [-0.1, -0.05) is 47.5 Å². The second-order valence-electron chi connectivity index (χ2n) is 10.1. The summed E-state index contributed by atoms with van der Waals surface area (Å²) in [5.74, 6) is -1.07. The van der Waals surface area contributed by atoms with Crippen molar-refractivity contribution in [3.8, 4) is 0 Å². The van der Waals surface area contributed by atoms with Gasteiger partial charge in [-0.3, -0.25) is 19.2 Å². The molecule has 0 aliphatic carbocycles. The molecule has 206 valence electrons. The molecule has 5 rings (SSSR count). The molecule has 2 aliphatic heterocycles. The lowest BCUT2D eigenvalue weighted by atomic mass is 10.1. The Morgan fingerprint density at radius 2 is 0.925 bits per heavy atom. The minimum Gasteiger partial charge on any atom is -0.335 e. The van der Waals surface area contributed by atoms with Crippen LogP contribution in [0, 0.1) is 0 Å². The second-order valence-corrected chi connectivity index (χ2v) is 10.9. The monoisotopic (exact) mass is 580 g/mol. The van der Waals surface area contributed by atoms with E-state index >= 15 is 0 Å². The van der Waals surface area contributed by atoms with E-state index in [0.29, 0.717) is 34.5 Å². The minimum atomic E-state index is -0.481. The number of carbonyl (C=O) groups is 4. The maximum absolute atomic E-state index is 13.0. The topological polar surface area (TPSA) is 108 Å². The highest BCUT2D eigenvalue weighted by atomic mass is 35.5. The molecule has 2 heterocycles. The molecule has 4 N–H and O–H groups in total. The number of nitrogens with zero attached hydrogens (tertiary/aromatic N) is 2. The van der Waals surface area contributed by atoms with Crippen molar-refractivity contribution in [2.45, 2.75) is 37.8 Å². The molecule has 0 aromatic heterocycles. The van der Waals surface area contributed by atoms with Crippen molar-refractivity contribution in [1.29, 1.82) is 0 Å². The summed E-state index contributed by atoms with van der Waals surface area (Å²) in [6.45, 7) is 1.32. The van der Waals surface area contributed by atoms with E-state index in [-0.39, 0.29) is 36.5 Å². The Labute approximate surface area is 242 Å². The van der Waals surface area contributed by atoms with E-state index in [4.69, 9.17) is 23.2 Å². The summed E-state index contributed by atoms with van der Waals surface area (Å²) in [5.41, 5.74) is 3.07. The molecule has 8 nitrogen and oxygen atoms in total. The van der Waals surface area contributed by atoms with E-state index in [1.54, 1.807) is 24.3 Å². The van der Waals surface area contributed by atoms with Gasteiger partial charge < -0.3 is 10.6 Å². The Morgan fingerprint density at radius 3 is 1.27 bits per heavy atom. The molecular weight excluding hydrogens is 551 g/mol. The zero-order valence-corrected chi connectivity index (χ0v) is 23.3. The standard InChI is InChI=1S/C30H28Cl2N4O4/c31-21-5-1-19(2-6-21)13-15-33-25-17-27(37)35(29(25)39)23-9-11-24(12-10-23)36-28(38)18-26(30(36)40)34-16-14-20-3-7-22(32)8-4-20/h1-12,25-26,33-34H,13-18H2/p+2/t25-,26-/m1/s1. The van der Waals surface area contributed by atoms with Gasteiger partial charge in [0, 0.05) is 22.9 Å². The number of benzene rings is 3. The van der Waals surface area contributed by atoms with Crippen molar-refractivity contribution in [1.82, 2.24) is 0 Å². The number of hydrogen-bond donors (Lipinski definition) is 2. The lowest BCUT2D eigenvalue weighted by Gasteiger charge is -2.17. The largest absolute Gasteiger partial charge is 0.335 e. The van der Waals surface area contributed by atoms with Crippen LogP contribution >= 0.6 is 23.2 Å². The van der Waals surface area contributed by atoms with Crippen LogP contribution in [-0.2, 0) is 32.0 Å². The molecule has 0 radical (unpaired) electrons. The minimum absolute atomic E-state index is 0.123. The first-order chi connectivity index (χ1) is 19.3. The van der Waals surface area contributed by atoms with Gasteiger partial charge in [-0.05, 0) is 59.7 Å². The molecule has 0 spiro atoms. The first-order valence-electron chi connectivity index (χ1n) is 13.3. The van der Waals surface area contributed by atoms with Crippen LogP contribution in [0.5, 0.6) is 0 Å². The highest BCUT2D eigenvalue weighted by Crippen LogP contribution is 2.27. The summed E-state index contributed by atoms with van der Waals surface area (Å²) < 4.78 is 0. The fourth-order valence-corrected chi connectivity index (χ4v) is 5.43. The van der Waals surface area contributed by atoms with E-state index in [1.807, 2.05) is 59.2 Å². The molecule has 3 aromatic carbocycles. The highest BCUT2D eigenvalue weighted by Gasteiger charge is 2.44. The molecule has 2 saturated heterocycles. The van der Waals surface area contributed by atoms with Crippen molar-refractivity contribution < 1.29 is 29.8 Å². The van der Waals surface area contributed by atoms with Gasteiger partial charge in [0.15, 0.2) is 12.1 Å². The van der Waals surface area contributed by atoms with E-state index < -0.39 is 12.1 Å². The molecule has 2 atom stereocenters. The van der Waals surface area contributed by atoms with Crippen LogP contribution in [0.25, 0.3) is 0 Å². The van der Waals surface area contributed by atoms with Crippen molar-refractivity contribution in [3.05, 3.63) is 94.0 Å². The number of quaternary nitrogens is 2. The summed E-state index contributed by atoms with van der Waals surface area (Å²) >= 11 is 11.9. The maximum Gasteiger partial charge on any atom is 0.292 e. The zero-order valence-electron chi connectivity index (χ0n) is 21.8. The number of halogens is 2. The quantitative estimate of drug-likeness (QED) is 0.357. The van der Waals surface area contributed by atoms with E-state index in [9.17, 15) is 19.2 Å². The third-order valence-corrected chi connectivity index (χ3v) is 7.83. The van der Waals surface area contributed by atoms with Crippen molar-refractivity contribution in [2.75, 3.05) is 22.9 Å². The normalized spacial score (nSPS) is 19.2. The fourth-order valence-electron chi connectivity index (χ4n) is 5.18. The van der Waals surface area contributed by atoms with Crippen LogP contribution in [0.3, 0.4) is 0 Å². The maximum atomic E-state index is 13.0.